The van der Waals surface area contributed by atoms with E-state index in [-0.39, 0.29) is 0 Å². The van der Waals surface area contributed by atoms with Crippen LogP contribution in [-0.4, -0.2) is 24.3 Å². The highest BCUT2D eigenvalue weighted by Crippen LogP contribution is 2.20. The molecule has 0 aromatic carbocycles. The van der Waals surface area contributed by atoms with E-state index in [0.29, 0.717) is 11.3 Å². The average molecular weight is 170 g/mol. The molecule has 0 heterocycles. The van der Waals surface area contributed by atoms with E-state index in [9.17, 15) is 0 Å². The zero-order valence-electron chi connectivity index (χ0n) is 9.07. The zero-order valence-corrected chi connectivity index (χ0v) is 9.07. The number of amidine groups is 1. The van der Waals surface area contributed by atoms with Crippen molar-refractivity contribution in [3.8, 4) is 0 Å². The van der Waals surface area contributed by atoms with E-state index >= 15 is 0 Å². The lowest BCUT2D eigenvalue weighted by Crippen LogP contribution is -2.25. The molecule has 0 aliphatic carbocycles. The molecule has 0 spiro atoms. The largest absolute Gasteiger partial charge is 0.364 e. The highest BCUT2D eigenvalue weighted by Gasteiger charge is 2.09. The van der Waals surface area contributed by atoms with Gasteiger partial charge in [0.2, 0.25) is 0 Å². The van der Waals surface area contributed by atoms with Gasteiger partial charge in [0.1, 0.15) is 0 Å². The Kier molecular flexibility index (Phi) is 4.29. The molecule has 0 unspecified atom stereocenters. The van der Waals surface area contributed by atoms with Gasteiger partial charge in [0.05, 0.1) is 5.84 Å². The minimum absolute atomic E-state index is 0.427. The maximum absolute atomic E-state index is 7.36. The smallest absolute Gasteiger partial charge is 0.0923 e. The highest BCUT2D eigenvalue weighted by molar-refractivity contribution is 5.75. The van der Waals surface area contributed by atoms with Crippen molar-refractivity contribution in [2.45, 2.75) is 40.5 Å². The van der Waals surface area contributed by atoms with Gasteiger partial charge in [0, 0.05) is 13.6 Å². The van der Waals surface area contributed by atoms with Crippen molar-refractivity contribution in [1.82, 2.24) is 4.90 Å². The van der Waals surface area contributed by atoms with Gasteiger partial charge in [-0.2, -0.15) is 0 Å². The SMILES string of the molecule is CC(=N)N(C)CCCC(C)(C)C. The first-order valence-electron chi connectivity index (χ1n) is 4.59. The summed E-state index contributed by atoms with van der Waals surface area (Å²) in [6.45, 7) is 9.60. The Hall–Kier alpha value is -0.530. The van der Waals surface area contributed by atoms with E-state index in [2.05, 4.69) is 20.8 Å². The molecular weight excluding hydrogens is 148 g/mol. The summed E-state index contributed by atoms with van der Waals surface area (Å²) in [6.07, 6.45) is 2.40. The molecule has 0 aliphatic heterocycles. The van der Waals surface area contributed by atoms with E-state index in [1.54, 1.807) is 0 Å². The molecule has 12 heavy (non-hydrogen) atoms. The van der Waals surface area contributed by atoms with Crippen LogP contribution in [0.2, 0.25) is 0 Å². The average Bonchev–Trinajstić information content (AvgIpc) is 1.84. The normalized spacial score (nSPS) is 11.4. The summed E-state index contributed by atoms with van der Waals surface area (Å²) < 4.78 is 0. The Morgan fingerprint density at radius 2 is 1.83 bits per heavy atom. The highest BCUT2D eigenvalue weighted by atomic mass is 15.1. The standard InChI is InChI=1S/C10H22N2/c1-9(11)12(5)8-6-7-10(2,3)4/h11H,6-8H2,1-5H3. The topological polar surface area (TPSA) is 27.1 Å². The molecule has 0 aromatic rings. The van der Waals surface area contributed by atoms with Gasteiger partial charge in [0.15, 0.2) is 0 Å². The first kappa shape index (κ1) is 11.5. The van der Waals surface area contributed by atoms with Gasteiger partial charge in [-0.05, 0) is 25.2 Å². The molecule has 1 N–H and O–H groups in total. The lowest BCUT2D eigenvalue weighted by Gasteiger charge is -2.21. The van der Waals surface area contributed by atoms with Gasteiger partial charge in [-0.1, -0.05) is 20.8 Å². The van der Waals surface area contributed by atoms with E-state index < -0.39 is 0 Å². The van der Waals surface area contributed by atoms with Crippen LogP contribution < -0.4 is 0 Å². The summed E-state index contributed by atoms with van der Waals surface area (Å²) in [6, 6.07) is 0. The Morgan fingerprint density at radius 1 is 1.33 bits per heavy atom. The summed E-state index contributed by atoms with van der Waals surface area (Å²) in [7, 11) is 1.98. The molecule has 0 saturated carbocycles. The summed E-state index contributed by atoms with van der Waals surface area (Å²) in [4.78, 5) is 1.99. The third-order valence-corrected chi connectivity index (χ3v) is 1.99. The van der Waals surface area contributed by atoms with Gasteiger partial charge in [-0.25, -0.2) is 0 Å². The number of hydrogen-bond acceptors (Lipinski definition) is 1. The fourth-order valence-corrected chi connectivity index (χ4v) is 1.01. The minimum Gasteiger partial charge on any atom is -0.364 e. The summed E-state index contributed by atoms with van der Waals surface area (Å²) in [5.41, 5.74) is 0.427. The number of nitrogens with one attached hydrogen (secondary N) is 1. The molecule has 0 fully saturated rings. The van der Waals surface area contributed by atoms with Crippen LogP contribution in [0.15, 0.2) is 0 Å². The molecule has 0 aromatic heterocycles. The van der Waals surface area contributed by atoms with Crippen LogP contribution in [0.25, 0.3) is 0 Å². The summed E-state index contributed by atoms with van der Waals surface area (Å²) in [5, 5.41) is 7.36. The van der Waals surface area contributed by atoms with E-state index in [1.165, 1.54) is 12.8 Å². The molecule has 2 nitrogen and oxygen atoms in total. The monoisotopic (exact) mass is 170 g/mol. The van der Waals surface area contributed by atoms with Crippen LogP contribution in [0, 0.1) is 10.8 Å². The van der Waals surface area contributed by atoms with Gasteiger partial charge in [-0.3, -0.25) is 5.41 Å². The van der Waals surface area contributed by atoms with Crippen molar-refractivity contribution in [2.75, 3.05) is 13.6 Å². The Bertz CT molecular complexity index is 144. The van der Waals surface area contributed by atoms with Crippen molar-refractivity contribution in [3.63, 3.8) is 0 Å². The van der Waals surface area contributed by atoms with Gasteiger partial charge in [-0.15, -0.1) is 0 Å². The molecule has 0 saturated heterocycles. The predicted octanol–water partition coefficient (Wildman–Crippen LogP) is 2.74. The fourth-order valence-electron chi connectivity index (χ4n) is 1.01. The van der Waals surface area contributed by atoms with Crippen molar-refractivity contribution < 1.29 is 0 Å². The molecule has 0 atom stereocenters. The minimum atomic E-state index is 0.427. The molecular formula is C10H22N2. The Balaban J connectivity index is 3.51. The molecule has 2 heteroatoms. The van der Waals surface area contributed by atoms with E-state index in [4.69, 9.17) is 5.41 Å². The van der Waals surface area contributed by atoms with Crippen molar-refractivity contribution in [1.29, 1.82) is 5.41 Å². The number of rotatable bonds is 3. The third kappa shape index (κ3) is 6.20. The van der Waals surface area contributed by atoms with Gasteiger partial charge < -0.3 is 4.90 Å². The van der Waals surface area contributed by atoms with Gasteiger partial charge >= 0.3 is 0 Å². The Morgan fingerprint density at radius 3 is 2.17 bits per heavy atom. The molecule has 0 bridgehead atoms. The molecule has 0 rings (SSSR count). The second-order valence-corrected chi connectivity index (χ2v) is 4.67. The third-order valence-electron chi connectivity index (χ3n) is 1.99. The van der Waals surface area contributed by atoms with Crippen LogP contribution in [0.5, 0.6) is 0 Å². The van der Waals surface area contributed by atoms with Crippen LogP contribution in [-0.2, 0) is 0 Å². The van der Waals surface area contributed by atoms with Crippen LogP contribution >= 0.6 is 0 Å². The van der Waals surface area contributed by atoms with Crippen LogP contribution in [0.1, 0.15) is 40.5 Å². The fraction of sp³-hybridized carbons (Fsp3) is 0.900. The van der Waals surface area contributed by atoms with Crippen molar-refractivity contribution >= 4 is 5.84 Å². The quantitative estimate of drug-likeness (QED) is 0.512. The lowest BCUT2D eigenvalue weighted by atomic mass is 9.90. The second kappa shape index (κ2) is 4.48. The number of nitrogens with zero attached hydrogens (tertiary/aromatic N) is 1. The van der Waals surface area contributed by atoms with Crippen molar-refractivity contribution in [2.24, 2.45) is 5.41 Å². The predicted molar refractivity (Wildman–Crippen MR) is 54.7 cm³/mol. The first-order valence-corrected chi connectivity index (χ1v) is 4.59. The Labute approximate surface area is 76.5 Å². The zero-order chi connectivity index (χ0) is 9.78. The molecule has 0 amide bonds. The molecule has 0 radical (unpaired) electrons. The van der Waals surface area contributed by atoms with Crippen LogP contribution in [0.3, 0.4) is 0 Å². The molecule has 72 valence electrons. The van der Waals surface area contributed by atoms with Crippen LogP contribution in [0.4, 0.5) is 0 Å². The summed E-state index contributed by atoms with van der Waals surface area (Å²) in [5.74, 6) is 0.656. The van der Waals surface area contributed by atoms with Crippen molar-refractivity contribution in [3.05, 3.63) is 0 Å². The first-order chi connectivity index (χ1) is 5.33. The maximum Gasteiger partial charge on any atom is 0.0923 e. The maximum atomic E-state index is 7.36. The van der Waals surface area contributed by atoms with E-state index in [0.717, 1.165) is 6.54 Å². The summed E-state index contributed by atoms with van der Waals surface area (Å²) >= 11 is 0. The van der Waals surface area contributed by atoms with Gasteiger partial charge in [0.25, 0.3) is 0 Å². The number of hydrogen-bond donors (Lipinski definition) is 1. The lowest BCUT2D eigenvalue weighted by molar-refractivity contribution is 0.340. The van der Waals surface area contributed by atoms with E-state index in [1.807, 2.05) is 18.9 Å². The molecule has 0 aliphatic rings. The second-order valence-electron chi connectivity index (χ2n) is 4.67.